The van der Waals surface area contributed by atoms with E-state index in [1.165, 1.54) is 40.1 Å². The Morgan fingerprint density at radius 3 is 2.75 bits per heavy atom. The van der Waals surface area contributed by atoms with Gasteiger partial charge in [0.25, 0.3) is 0 Å². The Labute approximate surface area is 189 Å². The summed E-state index contributed by atoms with van der Waals surface area (Å²) in [4.78, 5) is 5.16. The molecule has 164 valence electrons. The van der Waals surface area contributed by atoms with Crippen LogP contribution in [0.3, 0.4) is 0 Å². The van der Waals surface area contributed by atoms with Crippen LogP contribution in [0, 0.1) is 0 Å². The second-order valence-corrected chi connectivity index (χ2v) is 8.45. The van der Waals surface area contributed by atoms with E-state index in [1.807, 2.05) is 6.07 Å². The highest BCUT2D eigenvalue weighted by molar-refractivity contribution is 6.09. The summed E-state index contributed by atoms with van der Waals surface area (Å²) in [6, 6.07) is 19.2. The number of nitrogens with one attached hydrogen (secondary N) is 1. The quantitative estimate of drug-likeness (QED) is 0.279. The molecule has 1 N–H and O–H groups in total. The Morgan fingerprint density at radius 1 is 0.969 bits per heavy atom. The molecular formula is C28H30N2O2. The summed E-state index contributed by atoms with van der Waals surface area (Å²) >= 11 is 0. The van der Waals surface area contributed by atoms with E-state index in [0.29, 0.717) is 6.61 Å². The monoisotopic (exact) mass is 426 g/mol. The van der Waals surface area contributed by atoms with Crippen molar-refractivity contribution in [1.82, 2.24) is 10.3 Å². The Kier molecular flexibility index (Phi) is 5.95. The van der Waals surface area contributed by atoms with Crippen LogP contribution < -0.4 is 14.8 Å². The molecule has 1 aliphatic rings. The number of methoxy groups -OCH3 is 1. The minimum atomic E-state index is 0.712. The van der Waals surface area contributed by atoms with E-state index in [0.717, 1.165) is 54.2 Å². The lowest BCUT2D eigenvalue weighted by molar-refractivity contribution is 0.286. The molecule has 4 aromatic rings. The zero-order chi connectivity index (χ0) is 21.9. The first-order valence-electron chi connectivity index (χ1n) is 11.6. The highest BCUT2D eigenvalue weighted by Gasteiger charge is 2.21. The highest BCUT2D eigenvalue weighted by Crippen LogP contribution is 2.38. The SMILES string of the molecule is CCCCCOc1ccc(-c2nc3ccc4ccccc4c3c3c2CNCC3)cc1OC. The maximum Gasteiger partial charge on any atom is 0.161 e. The van der Waals surface area contributed by atoms with Crippen LogP contribution in [-0.2, 0) is 13.0 Å². The summed E-state index contributed by atoms with van der Waals surface area (Å²) < 4.78 is 11.7. The van der Waals surface area contributed by atoms with Crippen molar-refractivity contribution in [1.29, 1.82) is 0 Å². The summed E-state index contributed by atoms with van der Waals surface area (Å²) in [5, 5.41) is 7.40. The maximum absolute atomic E-state index is 5.99. The van der Waals surface area contributed by atoms with Gasteiger partial charge in [-0.2, -0.15) is 0 Å². The second kappa shape index (κ2) is 9.17. The van der Waals surface area contributed by atoms with Crippen LogP contribution in [0.4, 0.5) is 0 Å². The Morgan fingerprint density at radius 2 is 1.88 bits per heavy atom. The van der Waals surface area contributed by atoms with Crippen molar-refractivity contribution in [3.63, 3.8) is 0 Å². The molecule has 0 saturated carbocycles. The van der Waals surface area contributed by atoms with Crippen LogP contribution in [0.15, 0.2) is 54.6 Å². The van der Waals surface area contributed by atoms with E-state index in [9.17, 15) is 0 Å². The molecule has 0 saturated heterocycles. The van der Waals surface area contributed by atoms with E-state index in [1.54, 1.807) is 7.11 Å². The number of rotatable bonds is 7. The van der Waals surface area contributed by atoms with E-state index < -0.39 is 0 Å². The molecule has 2 heterocycles. The fourth-order valence-corrected chi connectivity index (χ4v) is 4.75. The lowest BCUT2D eigenvalue weighted by Crippen LogP contribution is -2.25. The van der Waals surface area contributed by atoms with Gasteiger partial charge < -0.3 is 14.8 Å². The van der Waals surface area contributed by atoms with Crippen LogP contribution in [0.1, 0.15) is 37.3 Å². The van der Waals surface area contributed by atoms with Crippen molar-refractivity contribution in [3.05, 3.63) is 65.7 Å². The van der Waals surface area contributed by atoms with Gasteiger partial charge in [-0.05, 0) is 65.6 Å². The summed E-state index contributed by atoms with van der Waals surface area (Å²) in [6.45, 7) is 4.73. The van der Waals surface area contributed by atoms with E-state index in [4.69, 9.17) is 14.5 Å². The van der Waals surface area contributed by atoms with Gasteiger partial charge >= 0.3 is 0 Å². The van der Waals surface area contributed by atoms with Gasteiger partial charge in [0.2, 0.25) is 0 Å². The third-order valence-corrected chi connectivity index (χ3v) is 6.39. The number of pyridine rings is 1. The average molecular weight is 427 g/mol. The molecule has 0 unspecified atom stereocenters. The smallest absolute Gasteiger partial charge is 0.161 e. The summed E-state index contributed by atoms with van der Waals surface area (Å²) in [5.41, 5.74) is 5.86. The van der Waals surface area contributed by atoms with Crippen molar-refractivity contribution in [2.75, 3.05) is 20.3 Å². The number of hydrogen-bond donors (Lipinski definition) is 1. The summed E-state index contributed by atoms with van der Waals surface area (Å²) in [6.07, 6.45) is 4.42. The van der Waals surface area contributed by atoms with Gasteiger partial charge in [0.05, 0.1) is 24.9 Å². The highest BCUT2D eigenvalue weighted by atomic mass is 16.5. The van der Waals surface area contributed by atoms with Crippen molar-refractivity contribution < 1.29 is 9.47 Å². The summed E-state index contributed by atoms with van der Waals surface area (Å²) in [7, 11) is 1.70. The summed E-state index contributed by atoms with van der Waals surface area (Å²) in [5.74, 6) is 1.56. The number of nitrogens with zero attached hydrogens (tertiary/aromatic N) is 1. The lowest BCUT2D eigenvalue weighted by atomic mass is 9.90. The normalized spacial score (nSPS) is 13.3. The molecule has 0 spiro atoms. The van der Waals surface area contributed by atoms with E-state index >= 15 is 0 Å². The van der Waals surface area contributed by atoms with Gasteiger partial charge in [0, 0.05) is 17.5 Å². The Balaban J connectivity index is 1.62. The van der Waals surface area contributed by atoms with Crippen molar-refractivity contribution in [2.24, 2.45) is 0 Å². The number of fused-ring (bicyclic) bond motifs is 5. The molecule has 0 fully saturated rings. The number of ether oxygens (including phenoxy) is 2. The Hall–Kier alpha value is -3.11. The third-order valence-electron chi connectivity index (χ3n) is 6.39. The first-order valence-corrected chi connectivity index (χ1v) is 11.6. The molecule has 5 rings (SSSR count). The largest absolute Gasteiger partial charge is 0.493 e. The van der Waals surface area contributed by atoms with Gasteiger partial charge in [-0.3, -0.25) is 0 Å². The average Bonchev–Trinajstić information content (AvgIpc) is 2.86. The van der Waals surface area contributed by atoms with Crippen molar-refractivity contribution in [3.8, 4) is 22.8 Å². The minimum absolute atomic E-state index is 0.712. The molecular weight excluding hydrogens is 396 g/mol. The van der Waals surface area contributed by atoms with Gasteiger partial charge in [-0.25, -0.2) is 4.98 Å². The van der Waals surface area contributed by atoms with Crippen LogP contribution in [0.5, 0.6) is 11.5 Å². The number of benzene rings is 3. The molecule has 1 aromatic heterocycles. The van der Waals surface area contributed by atoms with E-state index in [2.05, 4.69) is 60.8 Å². The van der Waals surface area contributed by atoms with Crippen molar-refractivity contribution >= 4 is 21.7 Å². The van der Waals surface area contributed by atoms with Crippen LogP contribution in [0.25, 0.3) is 32.9 Å². The van der Waals surface area contributed by atoms with Gasteiger partial charge in [0.15, 0.2) is 11.5 Å². The first-order chi connectivity index (χ1) is 15.8. The minimum Gasteiger partial charge on any atom is -0.493 e. The molecule has 0 bridgehead atoms. The third kappa shape index (κ3) is 3.80. The molecule has 0 amide bonds. The standard InChI is InChI=1S/C28H30N2O2/c1-3-4-7-16-32-25-13-11-20(17-26(25)31-2)28-23-18-29-15-14-22(23)27-21-9-6-5-8-19(21)10-12-24(27)30-28/h5-6,8-13,17,29H,3-4,7,14-16,18H2,1-2H3. The molecule has 0 atom stereocenters. The predicted octanol–water partition coefficient (Wildman–Crippen LogP) is 6.28. The van der Waals surface area contributed by atoms with Crippen molar-refractivity contribution in [2.45, 2.75) is 39.2 Å². The first kappa shape index (κ1) is 20.8. The maximum atomic E-state index is 5.99. The van der Waals surface area contributed by atoms with Gasteiger partial charge in [0.1, 0.15) is 0 Å². The molecule has 0 aliphatic carbocycles. The Bertz CT molecular complexity index is 1270. The molecule has 1 aliphatic heterocycles. The van der Waals surface area contributed by atoms with Crippen LogP contribution >= 0.6 is 0 Å². The fourth-order valence-electron chi connectivity index (χ4n) is 4.75. The van der Waals surface area contributed by atoms with Gasteiger partial charge in [-0.1, -0.05) is 50.1 Å². The number of aromatic nitrogens is 1. The van der Waals surface area contributed by atoms with Crippen LogP contribution in [0.2, 0.25) is 0 Å². The van der Waals surface area contributed by atoms with E-state index in [-0.39, 0.29) is 0 Å². The molecule has 4 heteroatoms. The molecule has 32 heavy (non-hydrogen) atoms. The zero-order valence-electron chi connectivity index (χ0n) is 18.9. The molecule has 0 radical (unpaired) electrons. The number of hydrogen-bond acceptors (Lipinski definition) is 4. The predicted molar refractivity (Wildman–Crippen MR) is 132 cm³/mol. The van der Waals surface area contributed by atoms with Gasteiger partial charge in [-0.15, -0.1) is 0 Å². The second-order valence-electron chi connectivity index (χ2n) is 8.45. The topological polar surface area (TPSA) is 43.4 Å². The fraction of sp³-hybridized carbons (Fsp3) is 0.321. The van der Waals surface area contributed by atoms with Crippen LogP contribution in [-0.4, -0.2) is 25.2 Å². The molecule has 3 aromatic carbocycles. The number of unbranched alkanes of at least 4 members (excludes halogenated alkanes) is 2. The molecule has 4 nitrogen and oxygen atoms in total. The zero-order valence-corrected chi connectivity index (χ0v) is 18.9. The lowest BCUT2D eigenvalue weighted by Gasteiger charge is -2.23.